The SMILES string of the molecule is COC(=O)C1CCSC1=NC(=O)OC(C)(C)C. The second kappa shape index (κ2) is 5.53. The average Bonchev–Trinajstić information content (AvgIpc) is 2.61. The number of nitrogens with zero attached hydrogens (tertiary/aromatic N) is 1. The lowest BCUT2D eigenvalue weighted by Gasteiger charge is -2.17. The summed E-state index contributed by atoms with van der Waals surface area (Å²) in [5.74, 6) is -0.00340. The summed E-state index contributed by atoms with van der Waals surface area (Å²) in [5, 5.41) is 0.492. The van der Waals surface area contributed by atoms with Gasteiger partial charge in [0.2, 0.25) is 0 Å². The van der Waals surface area contributed by atoms with Crippen LogP contribution in [0.1, 0.15) is 27.2 Å². The van der Waals surface area contributed by atoms with Gasteiger partial charge < -0.3 is 9.47 Å². The monoisotopic (exact) mass is 259 g/mol. The molecule has 0 bridgehead atoms. The summed E-state index contributed by atoms with van der Waals surface area (Å²) in [6.07, 6.45) is -0.00491. The number of methoxy groups -OCH3 is 1. The van der Waals surface area contributed by atoms with Gasteiger partial charge in [-0.05, 0) is 27.2 Å². The van der Waals surface area contributed by atoms with Gasteiger partial charge in [0.1, 0.15) is 11.5 Å². The van der Waals surface area contributed by atoms with Gasteiger partial charge in [-0.2, -0.15) is 4.99 Å². The van der Waals surface area contributed by atoms with Crippen molar-refractivity contribution in [3.8, 4) is 0 Å². The van der Waals surface area contributed by atoms with Crippen molar-refractivity contribution in [2.24, 2.45) is 10.9 Å². The van der Waals surface area contributed by atoms with Gasteiger partial charge >= 0.3 is 12.1 Å². The number of carbonyl (C=O) groups is 2. The fourth-order valence-electron chi connectivity index (χ4n) is 1.35. The Labute approximate surface area is 105 Å². The minimum Gasteiger partial charge on any atom is -0.468 e. The Bertz CT molecular complexity index is 346. The maximum absolute atomic E-state index is 11.5. The molecule has 0 aliphatic carbocycles. The highest BCUT2D eigenvalue weighted by molar-refractivity contribution is 8.14. The van der Waals surface area contributed by atoms with Gasteiger partial charge in [0.05, 0.1) is 12.2 Å². The first-order valence-electron chi connectivity index (χ1n) is 5.35. The predicted octanol–water partition coefficient (Wildman–Crippen LogP) is 2.25. The van der Waals surface area contributed by atoms with Crippen molar-refractivity contribution in [1.82, 2.24) is 0 Å². The van der Waals surface area contributed by atoms with E-state index in [2.05, 4.69) is 9.73 Å². The summed E-state index contributed by atoms with van der Waals surface area (Å²) in [6.45, 7) is 5.31. The standard InChI is InChI=1S/C11H17NO4S/c1-11(2,3)16-10(14)12-8-7(5-6-17-8)9(13)15-4/h7H,5-6H2,1-4H3. The first-order valence-corrected chi connectivity index (χ1v) is 6.34. The van der Waals surface area contributed by atoms with Crippen LogP contribution in [0, 0.1) is 5.92 Å². The van der Waals surface area contributed by atoms with Gasteiger partial charge in [0.25, 0.3) is 0 Å². The molecule has 1 fully saturated rings. The minimum atomic E-state index is -0.657. The number of rotatable bonds is 1. The summed E-state index contributed by atoms with van der Waals surface area (Å²) < 4.78 is 9.73. The van der Waals surface area contributed by atoms with Gasteiger partial charge in [0, 0.05) is 5.75 Å². The summed E-state index contributed by atoms with van der Waals surface area (Å²) in [6, 6.07) is 0. The quantitative estimate of drug-likeness (QED) is 0.676. The van der Waals surface area contributed by atoms with Crippen molar-refractivity contribution in [2.45, 2.75) is 32.8 Å². The van der Waals surface area contributed by atoms with Crippen LogP contribution in [-0.4, -0.2) is 35.6 Å². The molecule has 1 unspecified atom stereocenters. The fraction of sp³-hybridized carbons (Fsp3) is 0.727. The van der Waals surface area contributed by atoms with E-state index in [1.54, 1.807) is 20.8 Å². The van der Waals surface area contributed by atoms with Crippen LogP contribution < -0.4 is 0 Å². The molecule has 1 atom stereocenters. The Kier molecular flexibility index (Phi) is 4.56. The smallest absolute Gasteiger partial charge is 0.434 e. The Morgan fingerprint density at radius 1 is 1.41 bits per heavy atom. The van der Waals surface area contributed by atoms with Gasteiger partial charge in [0.15, 0.2) is 0 Å². The van der Waals surface area contributed by atoms with E-state index in [0.717, 1.165) is 5.75 Å². The van der Waals surface area contributed by atoms with Crippen molar-refractivity contribution >= 4 is 28.9 Å². The Balaban J connectivity index is 2.71. The third-order valence-electron chi connectivity index (χ3n) is 2.04. The Morgan fingerprint density at radius 2 is 2.06 bits per heavy atom. The average molecular weight is 259 g/mol. The maximum Gasteiger partial charge on any atom is 0.434 e. The first kappa shape index (κ1) is 14.0. The molecule has 5 nitrogen and oxygen atoms in total. The maximum atomic E-state index is 11.5. The van der Waals surface area contributed by atoms with Gasteiger partial charge in [-0.3, -0.25) is 4.79 Å². The molecule has 1 heterocycles. The van der Waals surface area contributed by atoms with Crippen molar-refractivity contribution in [2.75, 3.05) is 12.9 Å². The fourth-order valence-corrected chi connectivity index (χ4v) is 2.47. The van der Waals surface area contributed by atoms with Crippen LogP contribution in [0.15, 0.2) is 4.99 Å². The van der Waals surface area contributed by atoms with E-state index in [1.807, 2.05) is 0 Å². The normalized spacial score (nSPS) is 22.6. The third-order valence-corrected chi connectivity index (χ3v) is 3.15. The number of ether oxygens (including phenoxy) is 2. The molecule has 6 heteroatoms. The number of thioether (sulfide) groups is 1. The largest absolute Gasteiger partial charge is 0.468 e. The molecule has 0 saturated carbocycles. The van der Waals surface area contributed by atoms with Gasteiger partial charge in [-0.15, -0.1) is 11.8 Å². The van der Waals surface area contributed by atoms with Crippen LogP contribution in [0.5, 0.6) is 0 Å². The van der Waals surface area contributed by atoms with Crippen LogP contribution in [0.4, 0.5) is 4.79 Å². The molecule has 0 aromatic carbocycles. The van der Waals surface area contributed by atoms with Crippen LogP contribution in [0.25, 0.3) is 0 Å². The van der Waals surface area contributed by atoms with Crippen molar-refractivity contribution in [1.29, 1.82) is 0 Å². The number of amides is 1. The van der Waals surface area contributed by atoms with E-state index in [4.69, 9.17) is 4.74 Å². The summed E-state index contributed by atoms with van der Waals surface area (Å²) in [7, 11) is 1.33. The number of esters is 1. The van der Waals surface area contributed by atoms with Crippen molar-refractivity contribution < 1.29 is 19.1 Å². The first-order chi connectivity index (χ1) is 7.83. The van der Waals surface area contributed by atoms with E-state index < -0.39 is 17.6 Å². The number of carbonyl (C=O) groups excluding carboxylic acids is 2. The lowest BCUT2D eigenvalue weighted by Crippen LogP contribution is -2.24. The molecule has 1 saturated heterocycles. The van der Waals surface area contributed by atoms with E-state index >= 15 is 0 Å². The second-order valence-electron chi connectivity index (χ2n) is 4.64. The zero-order valence-electron chi connectivity index (χ0n) is 10.5. The Hall–Kier alpha value is -1.04. The van der Waals surface area contributed by atoms with Crippen LogP contribution in [0.3, 0.4) is 0 Å². The van der Waals surface area contributed by atoms with Gasteiger partial charge in [-0.1, -0.05) is 0 Å². The van der Waals surface area contributed by atoms with Crippen LogP contribution >= 0.6 is 11.8 Å². The van der Waals surface area contributed by atoms with E-state index in [1.165, 1.54) is 18.9 Å². The molecular weight excluding hydrogens is 242 g/mol. The zero-order valence-corrected chi connectivity index (χ0v) is 11.3. The summed E-state index contributed by atoms with van der Waals surface area (Å²) in [4.78, 5) is 26.7. The lowest BCUT2D eigenvalue weighted by atomic mass is 10.1. The van der Waals surface area contributed by atoms with E-state index in [9.17, 15) is 9.59 Å². The highest BCUT2D eigenvalue weighted by Crippen LogP contribution is 2.28. The molecule has 0 N–H and O–H groups in total. The molecule has 17 heavy (non-hydrogen) atoms. The molecule has 0 aromatic heterocycles. The minimum absolute atomic E-state index is 0.350. The second-order valence-corrected chi connectivity index (χ2v) is 5.76. The van der Waals surface area contributed by atoms with Crippen LogP contribution in [0.2, 0.25) is 0 Å². The highest BCUT2D eigenvalue weighted by Gasteiger charge is 2.32. The van der Waals surface area contributed by atoms with Crippen molar-refractivity contribution in [3.63, 3.8) is 0 Å². The lowest BCUT2D eigenvalue weighted by molar-refractivity contribution is -0.142. The van der Waals surface area contributed by atoms with Crippen molar-refractivity contribution in [3.05, 3.63) is 0 Å². The van der Waals surface area contributed by atoms with Gasteiger partial charge in [-0.25, -0.2) is 4.79 Å². The molecule has 1 rings (SSSR count). The molecule has 0 radical (unpaired) electrons. The molecule has 0 aromatic rings. The molecule has 96 valence electrons. The number of hydrogen-bond acceptors (Lipinski definition) is 5. The third kappa shape index (κ3) is 4.38. The molecule has 0 spiro atoms. The number of hydrogen-bond donors (Lipinski definition) is 0. The summed E-state index contributed by atoms with van der Waals surface area (Å²) >= 11 is 1.40. The predicted molar refractivity (Wildman–Crippen MR) is 66.3 cm³/mol. The molecular formula is C11H17NO4S. The number of aliphatic imine (C=N–C) groups is 1. The molecule has 1 aliphatic rings. The summed E-state index contributed by atoms with van der Waals surface area (Å²) in [5.41, 5.74) is -0.578. The molecule has 1 aliphatic heterocycles. The zero-order chi connectivity index (χ0) is 13.1. The Morgan fingerprint density at radius 3 is 2.59 bits per heavy atom. The van der Waals surface area contributed by atoms with E-state index in [-0.39, 0.29) is 5.97 Å². The van der Waals surface area contributed by atoms with Crippen LogP contribution in [-0.2, 0) is 14.3 Å². The van der Waals surface area contributed by atoms with E-state index in [0.29, 0.717) is 11.5 Å². The topological polar surface area (TPSA) is 65.0 Å². The molecule has 1 amide bonds. The highest BCUT2D eigenvalue weighted by atomic mass is 32.2.